The van der Waals surface area contributed by atoms with Crippen LogP contribution in [0.2, 0.25) is 0 Å². The molecule has 21 heavy (non-hydrogen) atoms. The number of nitrogens with zero attached hydrogens (tertiary/aromatic N) is 4. The molecule has 1 atom stereocenters. The number of tetrazole rings is 1. The molecule has 1 aliphatic heterocycles. The van der Waals surface area contributed by atoms with Crippen molar-refractivity contribution in [3.05, 3.63) is 24.0 Å². The van der Waals surface area contributed by atoms with Crippen LogP contribution < -0.4 is 5.73 Å². The van der Waals surface area contributed by atoms with Gasteiger partial charge in [0.2, 0.25) is 0 Å². The van der Waals surface area contributed by atoms with Gasteiger partial charge in [-0.1, -0.05) is 0 Å². The maximum absolute atomic E-state index is 13.2. The molecule has 1 fully saturated rings. The Morgan fingerprint density at radius 3 is 2.90 bits per heavy atom. The zero-order valence-electron chi connectivity index (χ0n) is 11.1. The number of hydrogen-bond donors (Lipinski definition) is 1. The third kappa shape index (κ3) is 2.73. The Hall–Kier alpha value is -2.03. The molecule has 9 heteroatoms. The fourth-order valence-corrected chi connectivity index (χ4v) is 4.17. The van der Waals surface area contributed by atoms with Crippen LogP contribution in [0.4, 0.5) is 10.1 Å². The number of nitrogens with two attached hydrogens (primary N) is 1. The van der Waals surface area contributed by atoms with Crippen LogP contribution in [0, 0.1) is 5.82 Å². The molecule has 0 radical (unpaired) electrons. The van der Waals surface area contributed by atoms with Gasteiger partial charge >= 0.3 is 0 Å². The minimum atomic E-state index is -3.07. The van der Waals surface area contributed by atoms with E-state index < -0.39 is 15.7 Å². The highest BCUT2D eigenvalue weighted by Gasteiger charge is 2.29. The summed E-state index contributed by atoms with van der Waals surface area (Å²) in [4.78, 5) is 0. The van der Waals surface area contributed by atoms with E-state index in [0.717, 1.165) is 0 Å². The van der Waals surface area contributed by atoms with Crippen LogP contribution in [0.1, 0.15) is 18.9 Å². The maximum Gasteiger partial charge on any atom is 0.182 e. The molecule has 0 amide bonds. The molecule has 1 unspecified atom stereocenters. The van der Waals surface area contributed by atoms with Crippen molar-refractivity contribution in [3.63, 3.8) is 0 Å². The number of benzene rings is 1. The normalized spacial score (nSPS) is 21.3. The van der Waals surface area contributed by atoms with Gasteiger partial charge in [0.25, 0.3) is 0 Å². The second-order valence-electron chi connectivity index (χ2n) is 5.09. The second-order valence-corrected chi connectivity index (χ2v) is 7.32. The van der Waals surface area contributed by atoms with Crippen LogP contribution >= 0.6 is 0 Å². The van der Waals surface area contributed by atoms with E-state index >= 15 is 0 Å². The molecule has 0 spiro atoms. The van der Waals surface area contributed by atoms with Crippen molar-refractivity contribution >= 4 is 15.5 Å². The van der Waals surface area contributed by atoms with E-state index in [2.05, 4.69) is 15.5 Å². The van der Waals surface area contributed by atoms with Gasteiger partial charge in [0.05, 0.1) is 23.2 Å². The molecule has 1 aromatic carbocycles. The molecule has 7 nitrogen and oxygen atoms in total. The topological polar surface area (TPSA) is 104 Å². The van der Waals surface area contributed by atoms with Gasteiger partial charge in [-0.3, -0.25) is 0 Å². The number of aromatic nitrogens is 4. The van der Waals surface area contributed by atoms with Crippen molar-refractivity contribution in [2.75, 3.05) is 17.2 Å². The van der Waals surface area contributed by atoms with Gasteiger partial charge in [-0.2, -0.15) is 0 Å². The molecular weight excluding hydrogens is 297 g/mol. The Morgan fingerprint density at radius 2 is 2.19 bits per heavy atom. The van der Waals surface area contributed by atoms with Crippen LogP contribution in [0.5, 0.6) is 0 Å². The summed E-state index contributed by atoms with van der Waals surface area (Å²) in [5.74, 6) is 0.0911. The number of rotatable bonds is 2. The number of nitrogen functional groups attached to an aromatic ring is 1. The molecule has 1 saturated heterocycles. The zero-order valence-corrected chi connectivity index (χ0v) is 11.9. The summed E-state index contributed by atoms with van der Waals surface area (Å²) in [7, 11) is -3.07. The van der Waals surface area contributed by atoms with E-state index in [-0.39, 0.29) is 23.2 Å². The molecule has 0 saturated carbocycles. The van der Waals surface area contributed by atoms with Crippen LogP contribution in [0.3, 0.4) is 0 Å². The summed E-state index contributed by atoms with van der Waals surface area (Å²) in [6, 6.07) is 3.89. The highest BCUT2D eigenvalue weighted by Crippen LogP contribution is 2.28. The zero-order chi connectivity index (χ0) is 15.0. The molecule has 0 aliphatic carbocycles. The lowest BCUT2D eigenvalue weighted by molar-refractivity contribution is 0.429. The summed E-state index contributed by atoms with van der Waals surface area (Å²) in [6.45, 7) is 0. The lowest BCUT2D eigenvalue weighted by Gasteiger charge is -2.22. The summed E-state index contributed by atoms with van der Waals surface area (Å²) in [5, 5.41) is 11.4. The third-order valence-corrected chi connectivity index (χ3v) is 5.34. The Kier molecular flexibility index (Phi) is 3.36. The molecule has 1 aromatic heterocycles. The fourth-order valence-electron chi connectivity index (χ4n) is 2.50. The van der Waals surface area contributed by atoms with Crippen molar-refractivity contribution in [3.8, 4) is 11.4 Å². The Balaban J connectivity index is 1.99. The number of halogens is 1. The fraction of sp³-hybridized carbons (Fsp3) is 0.417. The molecule has 112 valence electrons. The first kappa shape index (κ1) is 13.9. The van der Waals surface area contributed by atoms with Crippen LogP contribution in [-0.2, 0) is 9.84 Å². The SMILES string of the molecule is Nc1cc(-c2nnnn2C2CCCS(=O)(=O)C2)ccc1F. The van der Waals surface area contributed by atoms with Gasteiger partial charge in [-0.05, 0) is 41.5 Å². The van der Waals surface area contributed by atoms with Crippen molar-refractivity contribution in [1.82, 2.24) is 20.2 Å². The Labute approximate surface area is 120 Å². The minimum absolute atomic E-state index is 0.00156. The van der Waals surface area contributed by atoms with E-state index in [4.69, 9.17) is 5.73 Å². The van der Waals surface area contributed by atoms with Gasteiger partial charge in [0.15, 0.2) is 15.7 Å². The first-order valence-electron chi connectivity index (χ1n) is 6.50. The molecule has 0 bridgehead atoms. The van der Waals surface area contributed by atoms with E-state index in [1.54, 1.807) is 0 Å². The van der Waals surface area contributed by atoms with Crippen molar-refractivity contribution < 1.29 is 12.8 Å². The van der Waals surface area contributed by atoms with Crippen LogP contribution in [-0.4, -0.2) is 40.1 Å². The van der Waals surface area contributed by atoms with Gasteiger partial charge in [-0.25, -0.2) is 17.5 Å². The van der Waals surface area contributed by atoms with Crippen LogP contribution in [0.15, 0.2) is 18.2 Å². The first-order chi connectivity index (χ1) is 9.96. The number of anilines is 1. The summed E-state index contributed by atoms with van der Waals surface area (Å²) < 4.78 is 38.2. The second kappa shape index (κ2) is 5.06. The predicted octanol–water partition coefficient (Wildman–Crippen LogP) is 0.811. The first-order valence-corrected chi connectivity index (χ1v) is 8.32. The predicted molar refractivity (Wildman–Crippen MR) is 74.5 cm³/mol. The summed E-state index contributed by atoms with van der Waals surface area (Å²) >= 11 is 0. The molecule has 2 aromatic rings. The van der Waals surface area contributed by atoms with E-state index in [1.165, 1.54) is 22.9 Å². The number of hydrogen-bond acceptors (Lipinski definition) is 6. The van der Waals surface area contributed by atoms with Crippen molar-refractivity contribution in [1.29, 1.82) is 0 Å². The monoisotopic (exact) mass is 311 g/mol. The largest absolute Gasteiger partial charge is 0.396 e. The minimum Gasteiger partial charge on any atom is -0.396 e. The van der Waals surface area contributed by atoms with Crippen molar-refractivity contribution in [2.24, 2.45) is 0 Å². The van der Waals surface area contributed by atoms with Gasteiger partial charge < -0.3 is 5.73 Å². The highest BCUT2D eigenvalue weighted by molar-refractivity contribution is 7.91. The van der Waals surface area contributed by atoms with Crippen LogP contribution in [0.25, 0.3) is 11.4 Å². The molecule has 2 N–H and O–H groups in total. The molecule has 3 rings (SSSR count). The van der Waals surface area contributed by atoms with Gasteiger partial charge in [0.1, 0.15) is 5.82 Å². The lowest BCUT2D eigenvalue weighted by atomic mass is 10.1. The maximum atomic E-state index is 13.2. The van der Waals surface area contributed by atoms with Gasteiger partial charge in [-0.15, -0.1) is 5.10 Å². The third-order valence-electron chi connectivity index (χ3n) is 3.53. The molecule has 2 heterocycles. The average Bonchev–Trinajstić information content (AvgIpc) is 2.90. The molecular formula is C12H14FN5O2S. The van der Waals surface area contributed by atoms with Gasteiger partial charge in [0, 0.05) is 5.56 Å². The summed E-state index contributed by atoms with van der Waals surface area (Å²) in [5.41, 5.74) is 6.11. The Bertz CT molecular complexity index is 774. The smallest absolute Gasteiger partial charge is 0.182 e. The van der Waals surface area contributed by atoms with E-state index in [9.17, 15) is 12.8 Å². The van der Waals surface area contributed by atoms with Crippen molar-refractivity contribution in [2.45, 2.75) is 18.9 Å². The standard InChI is InChI=1S/C12H14FN5O2S/c13-10-4-3-8(6-11(10)14)12-15-16-17-18(12)9-2-1-5-21(19,20)7-9/h3-4,6,9H,1-2,5,7,14H2. The van der Waals surface area contributed by atoms with E-state index in [1.807, 2.05) is 0 Å². The summed E-state index contributed by atoms with van der Waals surface area (Å²) in [6.07, 6.45) is 1.27. The quantitative estimate of drug-likeness (QED) is 0.823. The number of sulfone groups is 1. The lowest BCUT2D eigenvalue weighted by Crippen LogP contribution is -2.28. The average molecular weight is 311 g/mol. The highest BCUT2D eigenvalue weighted by atomic mass is 32.2. The van der Waals surface area contributed by atoms with E-state index in [0.29, 0.717) is 24.2 Å². The molecule has 1 aliphatic rings. The Morgan fingerprint density at radius 1 is 1.38 bits per heavy atom.